The summed E-state index contributed by atoms with van der Waals surface area (Å²) in [5.41, 5.74) is 6.59. The van der Waals surface area contributed by atoms with Crippen LogP contribution in [0, 0.1) is 6.92 Å². The van der Waals surface area contributed by atoms with Crippen molar-refractivity contribution in [2.75, 3.05) is 10.5 Å². The van der Waals surface area contributed by atoms with Gasteiger partial charge in [-0.25, -0.2) is 13.4 Å². The van der Waals surface area contributed by atoms with Gasteiger partial charge in [-0.05, 0) is 36.8 Å². The number of halogens is 3. The number of benzene rings is 1. The molecule has 0 atom stereocenters. The monoisotopic (exact) mass is 365 g/mol. The molecule has 3 N–H and O–H groups in total. The Morgan fingerprint density at radius 3 is 2.43 bits per heavy atom. The molecule has 5 nitrogen and oxygen atoms in total. The lowest BCUT2D eigenvalue weighted by Crippen LogP contribution is -2.15. The number of nitrogen functional groups attached to an aromatic ring is 1. The summed E-state index contributed by atoms with van der Waals surface area (Å²) in [7, 11) is -3.92. The van der Waals surface area contributed by atoms with E-state index in [1.165, 1.54) is 24.3 Å². The quantitative estimate of drug-likeness (QED) is 0.640. The maximum absolute atomic E-state index is 12.4. The van der Waals surface area contributed by atoms with Crippen molar-refractivity contribution < 1.29 is 8.42 Å². The number of nitrogens with zero attached hydrogens (tertiary/aromatic N) is 1. The molecule has 0 saturated heterocycles. The van der Waals surface area contributed by atoms with Gasteiger partial charge in [0, 0.05) is 5.69 Å². The van der Waals surface area contributed by atoms with Gasteiger partial charge in [0.05, 0.1) is 10.7 Å². The third kappa shape index (κ3) is 3.52. The molecule has 0 saturated carbocycles. The van der Waals surface area contributed by atoms with Crippen LogP contribution in [-0.4, -0.2) is 13.4 Å². The molecule has 112 valence electrons. The first-order chi connectivity index (χ1) is 9.70. The molecular formula is C12H10Cl3N3O2S. The molecule has 2 rings (SSSR count). The number of hydrogen-bond acceptors (Lipinski definition) is 4. The summed E-state index contributed by atoms with van der Waals surface area (Å²) >= 11 is 17.6. The fraction of sp³-hybridized carbons (Fsp3) is 0.0833. The summed E-state index contributed by atoms with van der Waals surface area (Å²) in [5.74, 6) is 0. The molecule has 0 amide bonds. The van der Waals surface area contributed by atoms with Crippen molar-refractivity contribution in [3.05, 3.63) is 45.2 Å². The van der Waals surface area contributed by atoms with E-state index in [9.17, 15) is 8.42 Å². The minimum Gasteiger partial charge on any atom is -0.399 e. The van der Waals surface area contributed by atoms with Gasteiger partial charge in [-0.15, -0.1) is 0 Å². The van der Waals surface area contributed by atoms with Crippen molar-refractivity contribution in [3.8, 4) is 0 Å². The van der Waals surface area contributed by atoms with E-state index in [1.807, 2.05) is 0 Å². The number of hydrogen-bond donors (Lipinski definition) is 2. The number of sulfonamides is 1. The van der Waals surface area contributed by atoms with Gasteiger partial charge in [0.25, 0.3) is 10.0 Å². The highest BCUT2D eigenvalue weighted by atomic mass is 35.5. The van der Waals surface area contributed by atoms with Crippen LogP contribution in [0.3, 0.4) is 0 Å². The van der Waals surface area contributed by atoms with E-state index in [-0.39, 0.29) is 25.9 Å². The molecule has 9 heteroatoms. The summed E-state index contributed by atoms with van der Waals surface area (Å²) < 4.78 is 27.1. The number of nitrogens with two attached hydrogens (primary N) is 1. The molecular weight excluding hydrogens is 357 g/mol. The van der Waals surface area contributed by atoms with Crippen LogP contribution in [0.1, 0.15) is 5.56 Å². The number of rotatable bonds is 3. The molecule has 1 aromatic heterocycles. The van der Waals surface area contributed by atoms with E-state index >= 15 is 0 Å². The molecule has 0 radical (unpaired) electrons. The van der Waals surface area contributed by atoms with Crippen LogP contribution in [0.25, 0.3) is 0 Å². The van der Waals surface area contributed by atoms with E-state index in [1.54, 1.807) is 6.92 Å². The molecule has 0 aliphatic heterocycles. The van der Waals surface area contributed by atoms with Crippen molar-refractivity contribution in [3.63, 3.8) is 0 Å². The van der Waals surface area contributed by atoms with Gasteiger partial charge in [0.1, 0.15) is 10.0 Å². The molecule has 1 aromatic carbocycles. The van der Waals surface area contributed by atoms with E-state index in [4.69, 9.17) is 40.5 Å². The largest absolute Gasteiger partial charge is 0.399 e. The summed E-state index contributed by atoms with van der Waals surface area (Å²) in [6.07, 6.45) is 0. The molecule has 0 spiro atoms. The van der Waals surface area contributed by atoms with Gasteiger partial charge in [0.15, 0.2) is 5.15 Å². The van der Waals surface area contributed by atoms with Gasteiger partial charge in [0.2, 0.25) is 0 Å². The van der Waals surface area contributed by atoms with E-state index in [2.05, 4.69) is 9.71 Å². The predicted octanol–water partition coefficient (Wildman–Crippen LogP) is 3.73. The van der Waals surface area contributed by atoms with Crippen molar-refractivity contribution >= 4 is 56.2 Å². The standard InChI is InChI=1S/C12H10Cl3N3O2S/c1-6-4-10(14)17-12(15)11(6)18-21(19,20)9-3-2-7(16)5-8(9)13/h2-5,18H,16H2,1H3. The molecule has 0 aliphatic rings. The minimum atomic E-state index is -3.92. The average Bonchev–Trinajstić information content (AvgIpc) is 2.33. The Morgan fingerprint density at radius 1 is 1.19 bits per heavy atom. The van der Waals surface area contributed by atoms with Crippen molar-refractivity contribution in [2.45, 2.75) is 11.8 Å². The maximum atomic E-state index is 12.4. The number of aromatic nitrogens is 1. The Labute approximate surface area is 137 Å². The third-order valence-electron chi connectivity index (χ3n) is 2.62. The van der Waals surface area contributed by atoms with Gasteiger partial charge in [-0.2, -0.15) is 0 Å². The van der Waals surface area contributed by atoms with Crippen LogP contribution in [0.2, 0.25) is 15.3 Å². The van der Waals surface area contributed by atoms with Gasteiger partial charge < -0.3 is 5.73 Å². The van der Waals surface area contributed by atoms with E-state index in [0.717, 1.165) is 0 Å². The summed E-state index contributed by atoms with van der Waals surface area (Å²) in [5, 5.41) is 0.138. The lowest BCUT2D eigenvalue weighted by atomic mass is 10.3. The Kier molecular flexibility index (Phi) is 4.53. The first-order valence-electron chi connectivity index (χ1n) is 5.61. The fourth-order valence-corrected chi connectivity index (χ4v) is 3.97. The van der Waals surface area contributed by atoms with Crippen LogP contribution < -0.4 is 10.5 Å². The molecule has 0 unspecified atom stereocenters. The predicted molar refractivity (Wildman–Crippen MR) is 85.7 cm³/mol. The molecule has 0 aliphatic carbocycles. The minimum absolute atomic E-state index is 0.0122. The van der Waals surface area contributed by atoms with Crippen LogP contribution in [0.15, 0.2) is 29.2 Å². The third-order valence-corrected chi connectivity index (χ3v) is 4.92. The fourth-order valence-electron chi connectivity index (χ4n) is 1.64. The second-order valence-corrected chi connectivity index (χ2v) is 7.03. The lowest BCUT2D eigenvalue weighted by Gasteiger charge is -2.13. The second kappa shape index (κ2) is 5.88. The highest BCUT2D eigenvalue weighted by Crippen LogP contribution is 2.31. The number of nitrogens with one attached hydrogen (secondary N) is 1. The number of pyridine rings is 1. The molecule has 0 fully saturated rings. The van der Waals surface area contributed by atoms with Crippen molar-refractivity contribution in [1.82, 2.24) is 4.98 Å². The van der Waals surface area contributed by atoms with E-state index < -0.39 is 10.0 Å². The Balaban J connectivity index is 2.47. The second-order valence-electron chi connectivity index (χ2n) is 4.22. The average molecular weight is 367 g/mol. The zero-order chi connectivity index (χ0) is 15.8. The first-order valence-corrected chi connectivity index (χ1v) is 8.23. The molecule has 1 heterocycles. The molecule has 21 heavy (non-hydrogen) atoms. The summed E-state index contributed by atoms with van der Waals surface area (Å²) in [4.78, 5) is 3.69. The number of anilines is 2. The van der Waals surface area contributed by atoms with E-state index in [0.29, 0.717) is 11.3 Å². The first kappa shape index (κ1) is 16.2. The summed E-state index contributed by atoms with van der Waals surface area (Å²) in [6, 6.07) is 5.60. The van der Waals surface area contributed by atoms with Crippen LogP contribution >= 0.6 is 34.8 Å². The van der Waals surface area contributed by atoms with Gasteiger partial charge >= 0.3 is 0 Å². The van der Waals surface area contributed by atoms with Crippen molar-refractivity contribution in [1.29, 1.82) is 0 Å². The topological polar surface area (TPSA) is 85.1 Å². The highest BCUT2D eigenvalue weighted by Gasteiger charge is 2.21. The smallest absolute Gasteiger partial charge is 0.263 e. The molecule has 0 bridgehead atoms. The van der Waals surface area contributed by atoms with Crippen LogP contribution in [0.4, 0.5) is 11.4 Å². The Bertz CT molecular complexity index is 786. The SMILES string of the molecule is Cc1cc(Cl)nc(Cl)c1NS(=O)(=O)c1ccc(N)cc1Cl. The zero-order valence-corrected chi connectivity index (χ0v) is 13.8. The van der Waals surface area contributed by atoms with Gasteiger partial charge in [-0.3, -0.25) is 4.72 Å². The lowest BCUT2D eigenvalue weighted by molar-refractivity contribution is 0.601. The van der Waals surface area contributed by atoms with Crippen LogP contribution in [0.5, 0.6) is 0 Å². The van der Waals surface area contributed by atoms with Crippen molar-refractivity contribution in [2.24, 2.45) is 0 Å². The highest BCUT2D eigenvalue weighted by molar-refractivity contribution is 7.92. The zero-order valence-electron chi connectivity index (χ0n) is 10.7. The van der Waals surface area contributed by atoms with Crippen LogP contribution in [-0.2, 0) is 10.0 Å². The Morgan fingerprint density at radius 2 is 1.86 bits per heavy atom. The number of aryl methyl sites for hydroxylation is 1. The van der Waals surface area contributed by atoms with Gasteiger partial charge in [-0.1, -0.05) is 34.8 Å². The summed E-state index contributed by atoms with van der Waals surface area (Å²) in [6.45, 7) is 1.65. The normalized spacial score (nSPS) is 11.4. The maximum Gasteiger partial charge on any atom is 0.263 e. The Hall–Kier alpha value is -1.21. The molecule has 2 aromatic rings.